The zero-order valence-electron chi connectivity index (χ0n) is 6.91. The molecule has 0 N–H and O–H groups in total. The van der Waals surface area contributed by atoms with Crippen molar-refractivity contribution < 1.29 is 0 Å². The van der Waals surface area contributed by atoms with Crippen molar-refractivity contribution in [1.29, 1.82) is 0 Å². The molecule has 0 unspecified atom stereocenters. The minimum Gasteiger partial charge on any atom is -0.303 e. The summed E-state index contributed by atoms with van der Waals surface area (Å²) in [5.74, 6) is 2.48. The molecule has 2 aromatic heterocycles. The van der Waals surface area contributed by atoms with Crippen LogP contribution in [0.2, 0.25) is 10.4 Å². The first-order valence-electron chi connectivity index (χ1n) is 3.69. The summed E-state index contributed by atoms with van der Waals surface area (Å²) in [6.45, 7) is 0.375. The van der Waals surface area contributed by atoms with Gasteiger partial charge in [-0.3, -0.25) is 0 Å². The van der Waals surface area contributed by atoms with E-state index in [0.29, 0.717) is 17.7 Å². The van der Waals surface area contributed by atoms with Crippen LogP contribution in [0, 0.1) is 12.3 Å². The minimum absolute atomic E-state index is 0.0845. The molecule has 0 bridgehead atoms. The third-order valence-electron chi connectivity index (χ3n) is 1.66. The SMILES string of the molecule is C#CCn1cnc2c(Cl)nc(Cl)nc21. The minimum atomic E-state index is 0.0845. The van der Waals surface area contributed by atoms with Crippen LogP contribution in [-0.4, -0.2) is 19.5 Å². The van der Waals surface area contributed by atoms with Crippen LogP contribution in [0.4, 0.5) is 0 Å². The highest BCUT2D eigenvalue weighted by atomic mass is 35.5. The average molecular weight is 227 g/mol. The van der Waals surface area contributed by atoms with Gasteiger partial charge in [0, 0.05) is 0 Å². The molecule has 0 spiro atoms. The third kappa shape index (κ3) is 1.41. The van der Waals surface area contributed by atoms with Crippen LogP contribution in [0.1, 0.15) is 0 Å². The Kier molecular flexibility index (Phi) is 2.28. The lowest BCUT2D eigenvalue weighted by atomic mass is 10.5. The van der Waals surface area contributed by atoms with E-state index in [1.807, 2.05) is 0 Å². The lowest BCUT2D eigenvalue weighted by Crippen LogP contribution is -1.96. The summed E-state index contributed by atoms with van der Waals surface area (Å²) < 4.78 is 1.68. The molecule has 0 aliphatic rings. The lowest BCUT2D eigenvalue weighted by molar-refractivity contribution is 0.857. The normalized spacial score (nSPS) is 10.4. The van der Waals surface area contributed by atoms with E-state index < -0.39 is 0 Å². The molecule has 0 aliphatic carbocycles. The Balaban J connectivity index is 2.73. The zero-order valence-corrected chi connectivity index (χ0v) is 8.42. The van der Waals surface area contributed by atoms with E-state index in [1.165, 1.54) is 0 Å². The van der Waals surface area contributed by atoms with E-state index in [1.54, 1.807) is 10.9 Å². The van der Waals surface area contributed by atoms with E-state index in [0.717, 1.165) is 0 Å². The highest BCUT2D eigenvalue weighted by Crippen LogP contribution is 2.20. The third-order valence-corrected chi connectivity index (χ3v) is 2.09. The van der Waals surface area contributed by atoms with E-state index in [-0.39, 0.29) is 10.4 Å². The van der Waals surface area contributed by atoms with E-state index in [4.69, 9.17) is 29.6 Å². The summed E-state index contributed by atoms with van der Waals surface area (Å²) in [6.07, 6.45) is 6.74. The molecular weight excluding hydrogens is 223 g/mol. The Morgan fingerprint density at radius 2 is 2.21 bits per heavy atom. The second-order valence-electron chi connectivity index (χ2n) is 2.53. The Labute approximate surface area is 89.9 Å². The van der Waals surface area contributed by atoms with Crippen LogP contribution in [0.15, 0.2) is 6.33 Å². The number of halogens is 2. The smallest absolute Gasteiger partial charge is 0.225 e. The van der Waals surface area contributed by atoms with Crippen LogP contribution < -0.4 is 0 Å². The van der Waals surface area contributed by atoms with Crippen LogP contribution >= 0.6 is 23.2 Å². The Morgan fingerprint density at radius 1 is 1.43 bits per heavy atom. The molecule has 2 heterocycles. The lowest BCUT2D eigenvalue weighted by Gasteiger charge is -1.97. The highest BCUT2D eigenvalue weighted by Gasteiger charge is 2.09. The Morgan fingerprint density at radius 3 is 2.93 bits per heavy atom. The standard InChI is InChI=1S/C8H4Cl2N4/c1-2-3-14-4-11-5-6(9)12-8(10)13-7(5)14/h1,4H,3H2. The number of nitrogens with zero attached hydrogens (tertiary/aromatic N) is 4. The molecule has 0 amide bonds. The fraction of sp³-hybridized carbons (Fsp3) is 0.125. The quantitative estimate of drug-likeness (QED) is 0.423. The summed E-state index contributed by atoms with van der Waals surface area (Å²) in [5.41, 5.74) is 1.05. The molecule has 2 aromatic rings. The van der Waals surface area contributed by atoms with Crippen LogP contribution in [-0.2, 0) is 6.54 Å². The van der Waals surface area contributed by atoms with Gasteiger partial charge in [-0.2, -0.15) is 4.98 Å². The molecule has 6 heteroatoms. The molecule has 0 saturated heterocycles. The van der Waals surface area contributed by atoms with Crippen molar-refractivity contribution in [3.8, 4) is 12.3 Å². The summed E-state index contributed by atoms with van der Waals surface area (Å²) in [5, 5.41) is 0.317. The maximum absolute atomic E-state index is 5.81. The van der Waals surface area contributed by atoms with Gasteiger partial charge in [-0.25, -0.2) is 9.97 Å². The van der Waals surface area contributed by atoms with Gasteiger partial charge in [-0.05, 0) is 11.6 Å². The molecule has 70 valence electrons. The van der Waals surface area contributed by atoms with Crippen molar-refractivity contribution >= 4 is 34.4 Å². The number of hydrogen-bond acceptors (Lipinski definition) is 3. The van der Waals surface area contributed by atoms with Gasteiger partial charge in [0.2, 0.25) is 5.28 Å². The van der Waals surface area contributed by atoms with Crippen molar-refractivity contribution in [3.63, 3.8) is 0 Å². The molecule has 0 radical (unpaired) electrons. The molecule has 0 aromatic carbocycles. The first-order chi connectivity index (χ1) is 6.72. The topological polar surface area (TPSA) is 43.6 Å². The monoisotopic (exact) mass is 226 g/mol. The van der Waals surface area contributed by atoms with Gasteiger partial charge < -0.3 is 4.57 Å². The first kappa shape index (κ1) is 9.25. The second-order valence-corrected chi connectivity index (χ2v) is 3.23. The van der Waals surface area contributed by atoms with Gasteiger partial charge in [0.15, 0.2) is 10.8 Å². The number of hydrogen-bond donors (Lipinski definition) is 0. The number of imidazole rings is 1. The fourth-order valence-electron chi connectivity index (χ4n) is 1.10. The summed E-state index contributed by atoms with van der Waals surface area (Å²) in [4.78, 5) is 11.8. The van der Waals surface area contributed by atoms with Crippen LogP contribution in [0.5, 0.6) is 0 Å². The van der Waals surface area contributed by atoms with Gasteiger partial charge in [-0.1, -0.05) is 17.5 Å². The summed E-state index contributed by atoms with van der Waals surface area (Å²) in [7, 11) is 0. The highest BCUT2D eigenvalue weighted by molar-refractivity contribution is 6.35. The molecule has 2 rings (SSSR count). The molecule has 0 saturated carbocycles. The van der Waals surface area contributed by atoms with E-state index >= 15 is 0 Å². The maximum atomic E-state index is 5.81. The van der Waals surface area contributed by atoms with Crippen molar-refractivity contribution in [1.82, 2.24) is 19.5 Å². The number of rotatable bonds is 1. The van der Waals surface area contributed by atoms with Gasteiger partial charge >= 0.3 is 0 Å². The second kappa shape index (κ2) is 3.45. The van der Waals surface area contributed by atoms with Crippen LogP contribution in [0.3, 0.4) is 0 Å². The number of fused-ring (bicyclic) bond motifs is 1. The zero-order chi connectivity index (χ0) is 10.1. The summed E-state index contributed by atoms with van der Waals surface area (Å²) in [6, 6.07) is 0. The predicted molar refractivity (Wildman–Crippen MR) is 54.2 cm³/mol. The van der Waals surface area contributed by atoms with E-state index in [9.17, 15) is 0 Å². The van der Waals surface area contributed by atoms with Crippen molar-refractivity contribution in [3.05, 3.63) is 16.8 Å². The number of aromatic nitrogens is 4. The van der Waals surface area contributed by atoms with Gasteiger partial charge in [0.25, 0.3) is 0 Å². The number of terminal acetylenes is 1. The maximum Gasteiger partial charge on any atom is 0.225 e. The van der Waals surface area contributed by atoms with Gasteiger partial charge in [0.1, 0.15) is 5.52 Å². The average Bonchev–Trinajstić information content (AvgIpc) is 2.49. The Hall–Kier alpha value is -1.31. The molecule has 0 fully saturated rings. The fourth-order valence-corrected chi connectivity index (χ4v) is 1.52. The summed E-state index contributed by atoms with van der Waals surface area (Å²) >= 11 is 11.5. The first-order valence-corrected chi connectivity index (χ1v) is 4.45. The molecule has 4 nitrogen and oxygen atoms in total. The largest absolute Gasteiger partial charge is 0.303 e. The Bertz CT molecular complexity index is 526. The van der Waals surface area contributed by atoms with Gasteiger partial charge in [0.05, 0.1) is 12.9 Å². The molecule has 14 heavy (non-hydrogen) atoms. The molecule has 0 aliphatic heterocycles. The predicted octanol–water partition coefficient (Wildman–Crippen LogP) is 1.77. The molecule has 0 atom stereocenters. The van der Waals surface area contributed by atoms with Crippen LogP contribution in [0.25, 0.3) is 11.2 Å². The van der Waals surface area contributed by atoms with Gasteiger partial charge in [-0.15, -0.1) is 6.42 Å². The van der Waals surface area contributed by atoms with E-state index in [2.05, 4.69) is 20.9 Å². The van der Waals surface area contributed by atoms with Crippen molar-refractivity contribution in [2.75, 3.05) is 0 Å². The molecular formula is C8H4Cl2N4. The van der Waals surface area contributed by atoms with Crippen molar-refractivity contribution in [2.45, 2.75) is 6.54 Å². The van der Waals surface area contributed by atoms with Crippen molar-refractivity contribution in [2.24, 2.45) is 0 Å².